The fraction of sp³-hybridized carbons (Fsp3) is 0.480. The maximum absolute atomic E-state index is 10.4. The molecule has 0 radical (unpaired) electrons. The largest absolute Gasteiger partial charge is 0.396 e. The molecule has 4 heterocycles. The number of aromatic nitrogens is 5. The summed E-state index contributed by atoms with van der Waals surface area (Å²) in [7, 11) is 0. The van der Waals surface area contributed by atoms with Crippen LogP contribution in [0.4, 0.5) is 5.82 Å². The number of pyridine rings is 1. The normalized spacial score (nSPS) is 22.4. The molecule has 4 aromatic rings. The van der Waals surface area contributed by atoms with E-state index in [0.717, 1.165) is 40.9 Å². The molecule has 2 fully saturated rings. The fourth-order valence-corrected chi connectivity index (χ4v) is 5.55. The van der Waals surface area contributed by atoms with Gasteiger partial charge in [0.15, 0.2) is 5.65 Å². The van der Waals surface area contributed by atoms with Crippen molar-refractivity contribution >= 4 is 28.0 Å². The number of benzene rings is 1. The zero-order valence-corrected chi connectivity index (χ0v) is 18.7. The van der Waals surface area contributed by atoms with Crippen molar-refractivity contribution in [3.05, 3.63) is 36.9 Å². The van der Waals surface area contributed by atoms with Gasteiger partial charge in [0.05, 0.1) is 35.3 Å². The highest BCUT2D eigenvalue weighted by molar-refractivity contribution is 5.94. The summed E-state index contributed by atoms with van der Waals surface area (Å²) in [6, 6.07) is 9.13. The summed E-state index contributed by atoms with van der Waals surface area (Å²) in [6.45, 7) is 1.22. The molecule has 3 aromatic heterocycles. The van der Waals surface area contributed by atoms with E-state index in [4.69, 9.17) is 9.97 Å². The molecule has 2 aliphatic rings. The van der Waals surface area contributed by atoms with Gasteiger partial charge in [0, 0.05) is 37.2 Å². The van der Waals surface area contributed by atoms with Crippen LogP contribution in [0.2, 0.25) is 0 Å². The molecule has 0 amide bonds. The third-order valence-corrected chi connectivity index (χ3v) is 7.52. The summed E-state index contributed by atoms with van der Waals surface area (Å²) in [4.78, 5) is 19.2. The molecular weight excluding hydrogens is 416 g/mol. The number of imidazole rings is 2. The molecule has 1 saturated carbocycles. The SMILES string of the molecule is OC[C@H]1CCN(c2cc(-c3ccc4c(c3)ncn4C3CCCCC3)c3[nH]cnc3n2)C[C@@H]1O. The van der Waals surface area contributed by atoms with Gasteiger partial charge < -0.3 is 24.7 Å². The zero-order valence-electron chi connectivity index (χ0n) is 18.7. The number of rotatable bonds is 4. The Balaban J connectivity index is 1.38. The Bertz CT molecular complexity index is 1270. The van der Waals surface area contributed by atoms with Gasteiger partial charge in [0.25, 0.3) is 0 Å². The number of hydrogen-bond donors (Lipinski definition) is 3. The lowest BCUT2D eigenvalue weighted by Gasteiger charge is -2.36. The van der Waals surface area contributed by atoms with E-state index >= 15 is 0 Å². The molecule has 3 N–H and O–H groups in total. The Morgan fingerprint density at radius 1 is 1.06 bits per heavy atom. The Hall–Kier alpha value is -2.97. The first-order chi connectivity index (χ1) is 16.2. The van der Waals surface area contributed by atoms with E-state index in [1.165, 1.54) is 37.6 Å². The molecule has 1 aliphatic carbocycles. The molecule has 1 aliphatic heterocycles. The molecule has 33 heavy (non-hydrogen) atoms. The zero-order chi connectivity index (χ0) is 22.4. The maximum Gasteiger partial charge on any atom is 0.180 e. The molecule has 6 rings (SSSR count). The second-order valence-electron chi connectivity index (χ2n) is 9.52. The summed E-state index contributed by atoms with van der Waals surface area (Å²) < 4.78 is 2.36. The van der Waals surface area contributed by atoms with Gasteiger partial charge >= 0.3 is 0 Å². The number of aliphatic hydroxyl groups is 2. The van der Waals surface area contributed by atoms with Crippen molar-refractivity contribution in [2.24, 2.45) is 5.92 Å². The van der Waals surface area contributed by atoms with Crippen molar-refractivity contribution in [2.75, 3.05) is 24.6 Å². The average molecular weight is 447 g/mol. The number of nitrogens with zero attached hydrogens (tertiary/aromatic N) is 5. The van der Waals surface area contributed by atoms with Crippen molar-refractivity contribution in [3.8, 4) is 11.1 Å². The Morgan fingerprint density at radius 2 is 1.94 bits per heavy atom. The minimum absolute atomic E-state index is 0.0135. The Labute approximate surface area is 192 Å². The Kier molecular flexibility index (Phi) is 5.27. The van der Waals surface area contributed by atoms with Gasteiger partial charge in [-0.25, -0.2) is 15.0 Å². The van der Waals surface area contributed by atoms with Gasteiger partial charge in [0.2, 0.25) is 0 Å². The van der Waals surface area contributed by atoms with Crippen LogP contribution in [0.1, 0.15) is 44.6 Å². The highest BCUT2D eigenvalue weighted by atomic mass is 16.3. The molecule has 8 nitrogen and oxygen atoms in total. The minimum Gasteiger partial charge on any atom is -0.396 e. The Morgan fingerprint density at radius 3 is 2.76 bits per heavy atom. The summed E-state index contributed by atoms with van der Waals surface area (Å²) in [5.74, 6) is 0.726. The monoisotopic (exact) mass is 446 g/mol. The number of piperidine rings is 1. The highest BCUT2D eigenvalue weighted by Gasteiger charge is 2.28. The molecule has 172 valence electrons. The van der Waals surface area contributed by atoms with Crippen molar-refractivity contribution < 1.29 is 10.2 Å². The van der Waals surface area contributed by atoms with Crippen LogP contribution in [0.5, 0.6) is 0 Å². The van der Waals surface area contributed by atoms with E-state index in [1.54, 1.807) is 6.33 Å². The van der Waals surface area contributed by atoms with Gasteiger partial charge in [0.1, 0.15) is 5.82 Å². The number of H-pyrrole nitrogens is 1. The smallest absolute Gasteiger partial charge is 0.180 e. The van der Waals surface area contributed by atoms with Gasteiger partial charge in [-0.2, -0.15) is 0 Å². The third kappa shape index (κ3) is 3.67. The van der Waals surface area contributed by atoms with E-state index in [2.05, 4.69) is 43.7 Å². The lowest BCUT2D eigenvalue weighted by Crippen LogP contribution is -2.45. The van der Waals surface area contributed by atoms with E-state index < -0.39 is 6.10 Å². The predicted octanol–water partition coefficient (Wildman–Crippen LogP) is 3.66. The number of anilines is 1. The van der Waals surface area contributed by atoms with Gasteiger partial charge in [-0.1, -0.05) is 25.3 Å². The van der Waals surface area contributed by atoms with E-state index in [1.807, 2.05) is 6.33 Å². The fourth-order valence-electron chi connectivity index (χ4n) is 5.55. The standard InChI is InChI=1S/C25H30N6O2/c32-13-17-8-9-30(12-22(17)33)23-11-19(24-25(29-23)27-14-26-24)16-6-7-21-20(10-16)28-15-31(21)18-4-2-1-3-5-18/h6-7,10-11,14-15,17-18,22,32-33H,1-5,8-9,12-13H2,(H,26,27,29)/t17-,22+/m1/s1. The topological polar surface area (TPSA) is 103 Å². The number of β-amino-alcohol motifs (C(OH)–C–C–N with tert-alkyl or cyclic N) is 1. The molecule has 0 unspecified atom stereocenters. The van der Waals surface area contributed by atoms with Gasteiger partial charge in [-0.05, 0) is 43.0 Å². The quantitative estimate of drug-likeness (QED) is 0.442. The second kappa shape index (κ2) is 8.43. The van der Waals surface area contributed by atoms with Crippen molar-refractivity contribution in [2.45, 2.75) is 50.7 Å². The van der Waals surface area contributed by atoms with Crippen LogP contribution in [0, 0.1) is 5.92 Å². The number of fused-ring (bicyclic) bond motifs is 2. The first-order valence-corrected chi connectivity index (χ1v) is 12.1. The number of aliphatic hydroxyl groups excluding tert-OH is 2. The van der Waals surface area contributed by atoms with Crippen molar-refractivity contribution in [1.82, 2.24) is 24.5 Å². The summed E-state index contributed by atoms with van der Waals surface area (Å²) in [5.41, 5.74) is 5.85. The molecule has 0 spiro atoms. The summed E-state index contributed by atoms with van der Waals surface area (Å²) in [5, 5.41) is 19.9. The van der Waals surface area contributed by atoms with E-state index in [-0.39, 0.29) is 12.5 Å². The molecule has 2 atom stereocenters. The summed E-state index contributed by atoms with van der Waals surface area (Å²) in [6.07, 6.45) is 10.2. The van der Waals surface area contributed by atoms with E-state index in [0.29, 0.717) is 18.2 Å². The van der Waals surface area contributed by atoms with E-state index in [9.17, 15) is 10.2 Å². The van der Waals surface area contributed by atoms with Crippen LogP contribution < -0.4 is 4.90 Å². The third-order valence-electron chi connectivity index (χ3n) is 7.52. The van der Waals surface area contributed by atoms with Crippen molar-refractivity contribution in [3.63, 3.8) is 0 Å². The van der Waals surface area contributed by atoms with Crippen LogP contribution in [-0.4, -0.2) is 60.5 Å². The number of hydrogen-bond acceptors (Lipinski definition) is 6. The van der Waals surface area contributed by atoms with Crippen molar-refractivity contribution in [1.29, 1.82) is 0 Å². The molecule has 1 saturated heterocycles. The predicted molar refractivity (Wildman–Crippen MR) is 128 cm³/mol. The number of nitrogens with one attached hydrogen (secondary N) is 1. The number of aromatic amines is 1. The second-order valence-corrected chi connectivity index (χ2v) is 9.52. The van der Waals surface area contributed by atoms with Crippen LogP contribution in [0.15, 0.2) is 36.9 Å². The summed E-state index contributed by atoms with van der Waals surface area (Å²) >= 11 is 0. The first kappa shape index (κ1) is 20.6. The molecule has 0 bridgehead atoms. The first-order valence-electron chi connectivity index (χ1n) is 12.1. The minimum atomic E-state index is -0.566. The van der Waals surface area contributed by atoms with Crippen LogP contribution >= 0.6 is 0 Å². The van der Waals surface area contributed by atoms with Crippen LogP contribution in [-0.2, 0) is 0 Å². The maximum atomic E-state index is 10.4. The van der Waals surface area contributed by atoms with Crippen LogP contribution in [0.3, 0.4) is 0 Å². The molecular formula is C25H30N6O2. The lowest BCUT2D eigenvalue weighted by molar-refractivity contribution is 0.0546. The molecule has 1 aromatic carbocycles. The average Bonchev–Trinajstić information content (AvgIpc) is 3.50. The molecule has 8 heteroatoms. The van der Waals surface area contributed by atoms with Gasteiger partial charge in [-0.15, -0.1) is 0 Å². The van der Waals surface area contributed by atoms with Gasteiger partial charge in [-0.3, -0.25) is 0 Å². The lowest BCUT2D eigenvalue weighted by atomic mass is 9.94. The van der Waals surface area contributed by atoms with Crippen LogP contribution in [0.25, 0.3) is 33.3 Å². The highest BCUT2D eigenvalue weighted by Crippen LogP contribution is 2.35.